The summed E-state index contributed by atoms with van der Waals surface area (Å²) < 4.78 is 4.94. The van der Waals surface area contributed by atoms with Gasteiger partial charge in [0.15, 0.2) is 0 Å². The molecule has 0 bridgehead atoms. The molecule has 0 saturated carbocycles. The van der Waals surface area contributed by atoms with Crippen LogP contribution >= 0.6 is 0 Å². The van der Waals surface area contributed by atoms with Crippen LogP contribution < -0.4 is 5.32 Å². The summed E-state index contributed by atoms with van der Waals surface area (Å²) in [6, 6.07) is 6.75. The Morgan fingerprint density at radius 1 is 1.07 bits per heavy atom. The van der Waals surface area contributed by atoms with E-state index in [0.717, 1.165) is 6.41 Å². The van der Waals surface area contributed by atoms with Crippen molar-refractivity contribution in [3.63, 3.8) is 0 Å². The monoisotopic (exact) mass is 383 g/mol. The number of anilines is 2. The van der Waals surface area contributed by atoms with Gasteiger partial charge in [0.1, 0.15) is 0 Å². The third-order valence-electron chi connectivity index (χ3n) is 4.30. The molecule has 1 N–H and O–H groups in total. The van der Waals surface area contributed by atoms with Crippen molar-refractivity contribution >= 4 is 29.9 Å². The first-order valence-electron chi connectivity index (χ1n) is 8.95. The molecule has 1 aromatic heterocycles. The predicted molar refractivity (Wildman–Crippen MR) is 101 cm³/mol. The van der Waals surface area contributed by atoms with Crippen LogP contribution in [-0.2, 0) is 9.53 Å². The first kappa shape index (κ1) is 19.3. The lowest BCUT2D eigenvalue weighted by molar-refractivity contribution is -0.119. The van der Waals surface area contributed by atoms with Crippen molar-refractivity contribution in [3.05, 3.63) is 47.8 Å². The number of piperazine rings is 1. The van der Waals surface area contributed by atoms with E-state index in [9.17, 15) is 14.4 Å². The summed E-state index contributed by atoms with van der Waals surface area (Å²) in [7, 11) is 0. The summed E-state index contributed by atoms with van der Waals surface area (Å²) in [5.41, 5.74) is 1.56. The molecule has 2 heterocycles. The number of ether oxygens (including phenoxy) is 1. The van der Waals surface area contributed by atoms with Crippen LogP contribution in [0.4, 0.5) is 11.6 Å². The Kier molecular flexibility index (Phi) is 6.15. The van der Waals surface area contributed by atoms with E-state index in [0.29, 0.717) is 55.5 Å². The van der Waals surface area contributed by atoms with Crippen LogP contribution in [-0.4, -0.2) is 70.8 Å². The van der Waals surface area contributed by atoms with Gasteiger partial charge < -0.3 is 19.9 Å². The molecule has 0 aliphatic carbocycles. The third kappa shape index (κ3) is 4.61. The Labute approximate surface area is 162 Å². The van der Waals surface area contributed by atoms with E-state index in [1.54, 1.807) is 41.0 Å². The molecule has 0 spiro atoms. The van der Waals surface area contributed by atoms with Gasteiger partial charge in [0.25, 0.3) is 5.91 Å². The van der Waals surface area contributed by atoms with Gasteiger partial charge in [-0.25, -0.2) is 14.8 Å². The molecular formula is C19H21N5O4. The van der Waals surface area contributed by atoms with E-state index in [4.69, 9.17) is 4.74 Å². The van der Waals surface area contributed by atoms with Crippen LogP contribution in [0.3, 0.4) is 0 Å². The zero-order chi connectivity index (χ0) is 19.9. The molecule has 9 heteroatoms. The minimum Gasteiger partial charge on any atom is -0.462 e. The van der Waals surface area contributed by atoms with E-state index in [1.807, 2.05) is 0 Å². The molecule has 0 unspecified atom stereocenters. The number of carbonyl (C=O) groups is 3. The van der Waals surface area contributed by atoms with Gasteiger partial charge >= 0.3 is 5.97 Å². The molecule has 1 fully saturated rings. The van der Waals surface area contributed by atoms with Crippen LogP contribution in [0.25, 0.3) is 0 Å². The fraction of sp³-hybridized carbons (Fsp3) is 0.316. The average Bonchev–Trinajstić information content (AvgIpc) is 2.74. The molecule has 28 heavy (non-hydrogen) atoms. The largest absolute Gasteiger partial charge is 0.462 e. The predicted octanol–water partition coefficient (Wildman–Crippen LogP) is 1.31. The molecule has 0 radical (unpaired) electrons. The summed E-state index contributed by atoms with van der Waals surface area (Å²) in [6.45, 7) is 4.11. The number of nitrogens with zero attached hydrogens (tertiary/aromatic N) is 4. The molecule has 1 aromatic carbocycles. The Balaban J connectivity index is 1.59. The van der Waals surface area contributed by atoms with Crippen molar-refractivity contribution in [2.75, 3.05) is 38.1 Å². The second-order valence-corrected chi connectivity index (χ2v) is 6.15. The maximum absolute atomic E-state index is 12.5. The number of rotatable bonds is 6. The first-order chi connectivity index (χ1) is 13.6. The fourth-order valence-corrected chi connectivity index (χ4v) is 2.75. The standard InChI is InChI=1S/C19H21N5O4/c1-2-28-18(27)14-3-5-16(6-4-14)22-19-20-11-15(12-21-19)17(26)24-9-7-23(13-25)8-10-24/h3-6,11-13H,2,7-10H2,1H3,(H,20,21,22). The van der Waals surface area contributed by atoms with Crippen LogP contribution in [0.15, 0.2) is 36.7 Å². The number of esters is 1. The van der Waals surface area contributed by atoms with E-state index in [-0.39, 0.29) is 11.9 Å². The highest BCUT2D eigenvalue weighted by Crippen LogP contribution is 2.15. The Bertz CT molecular complexity index is 830. The summed E-state index contributed by atoms with van der Waals surface area (Å²) in [5, 5.41) is 3.02. The summed E-state index contributed by atoms with van der Waals surface area (Å²) >= 11 is 0. The van der Waals surface area contributed by atoms with Gasteiger partial charge in [0.05, 0.1) is 17.7 Å². The normalized spacial score (nSPS) is 13.8. The Morgan fingerprint density at radius 3 is 2.29 bits per heavy atom. The second-order valence-electron chi connectivity index (χ2n) is 6.15. The van der Waals surface area contributed by atoms with Crippen LogP contribution in [0.1, 0.15) is 27.6 Å². The maximum atomic E-state index is 12.5. The van der Waals surface area contributed by atoms with Crippen molar-refractivity contribution in [2.45, 2.75) is 6.92 Å². The lowest BCUT2D eigenvalue weighted by Gasteiger charge is -2.32. The molecule has 9 nitrogen and oxygen atoms in total. The zero-order valence-electron chi connectivity index (χ0n) is 15.5. The molecule has 146 valence electrons. The first-order valence-corrected chi connectivity index (χ1v) is 8.95. The molecule has 2 amide bonds. The number of nitrogens with one attached hydrogen (secondary N) is 1. The highest BCUT2D eigenvalue weighted by atomic mass is 16.5. The zero-order valence-corrected chi connectivity index (χ0v) is 15.5. The lowest BCUT2D eigenvalue weighted by Crippen LogP contribution is -2.48. The van der Waals surface area contributed by atoms with Crippen molar-refractivity contribution in [1.29, 1.82) is 0 Å². The average molecular weight is 383 g/mol. The van der Waals surface area contributed by atoms with Crippen LogP contribution in [0, 0.1) is 0 Å². The minimum atomic E-state index is -0.373. The smallest absolute Gasteiger partial charge is 0.338 e. The van der Waals surface area contributed by atoms with Crippen molar-refractivity contribution in [3.8, 4) is 0 Å². The van der Waals surface area contributed by atoms with Crippen molar-refractivity contribution < 1.29 is 19.1 Å². The molecular weight excluding hydrogens is 362 g/mol. The highest BCUT2D eigenvalue weighted by molar-refractivity contribution is 5.94. The molecule has 1 aliphatic rings. The second kappa shape index (κ2) is 8.94. The molecule has 0 atom stereocenters. The molecule has 2 aromatic rings. The molecule has 1 saturated heterocycles. The third-order valence-corrected chi connectivity index (χ3v) is 4.30. The fourth-order valence-electron chi connectivity index (χ4n) is 2.75. The van der Waals surface area contributed by atoms with E-state index < -0.39 is 0 Å². The lowest BCUT2D eigenvalue weighted by atomic mass is 10.2. The van der Waals surface area contributed by atoms with Gasteiger partial charge in [-0.05, 0) is 31.2 Å². The topological polar surface area (TPSA) is 105 Å². The van der Waals surface area contributed by atoms with Gasteiger partial charge in [-0.15, -0.1) is 0 Å². The van der Waals surface area contributed by atoms with Crippen molar-refractivity contribution in [2.24, 2.45) is 0 Å². The van der Waals surface area contributed by atoms with Gasteiger partial charge in [-0.2, -0.15) is 0 Å². The van der Waals surface area contributed by atoms with E-state index in [2.05, 4.69) is 15.3 Å². The number of amides is 2. The van der Waals surface area contributed by atoms with Gasteiger partial charge in [0.2, 0.25) is 12.4 Å². The SMILES string of the molecule is CCOC(=O)c1ccc(Nc2ncc(C(=O)N3CCN(C=O)CC3)cn2)cc1. The van der Waals surface area contributed by atoms with Crippen LogP contribution in [0.5, 0.6) is 0 Å². The number of hydrogen-bond donors (Lipinski definition) is 1. The van der Waals surface area contributed by atoms with Gasteiger partial charge in [0, 0.05) is 44.3 Å². The summed E-state index contributed by atoms with van der Waals surface area (Å²) in [4.78, 5) is 46.6. The summed E-state index contributed by atoms with van der Waals surface area (Å²) in [5.74, 6) is -0.191. The number of carbonyl (C=O) groups excluding carboxylic acids is 3. The Morgan fingerprint density at radius 2 is 1.71 bits per heavy atom. The van der Waals surface area contributed by atoms with Crippen molar-refractivity contribution in [1.82, 2.24) is 19.8 Å². The number of benzene rings is 1. The quantitative estimate of drug-likeness (QED) is 0.592. The molecule has 1 aliphatic heterocycles. The number of aromatic nitrogens is 2. The molecule has 3 rings (SSSR count). The highest BCUT2D eigenvalue weighted by Gasteiger charge is 2.21. The maximum Gasteiger partial charge on any atom is 0.338 e. The summed E-state index contributed by atoms with van der Waals surface area (Å²) in [6.07, 6.45) is 3.73. The Hall–Kier alpha value is -3.49. The van der Waals surface area contributed by atoms with E-state index >= 15 is 0 Å². The van der Waals surface area contributed by atoms with Crippen LogP contribution in [0.2, 0.25) is 0 Å². The number of hydrogen-bond acceptors (Lipinski definition) is 7. The van der Waals surface area contributed by atoms with Gasteiger partial charge in [-0.3, -0.25) is 9.59 Å². The van der Waals surface area contributed by atoms with Gasteiger partial charge in [-0.1, -0.05) is 0 Å². The van der Waals surface area contributed by atoms with E-state index in [1.165, 1.54) is 12.4 Å². The minimum absolute atomic E-state index is 0.157.